The minimum atomic E-state index is 0.375. The lowest BCUT2D eigenvalue weighted by Gasteiger charge is -2.16. The Kier molecular flexibility index (Phi) is 24.1. The summed E-state index contributed by atoms with van der Waals surface area (Å²) in [5.41, 5.74) is 22.9. The van der Waals surface area contributed by atoms with E-state index in [4.69, 9.17) is 62.8 Å². The van der Waals surface area contributed by atoms with Crippen LogP contribution in [-0.2, 0) is 0 Å². The molecular formula is C116H77N29. The van der Waals surface area contributed by atoms with Crippen LogP contribution in [0.25, 0.3) is 220 Å². The molecule has 0 aliphatic heterocycles. The Morgan fingerprint density at radius 1 is 0.193 bits per heavy atom. The third kappa shape index (κ3) is 18.1. The molecule has 0 N–H and O–H groups in total. The minimum Gasteiger partial charge on any atom is -0.309 e. The second-order valence-corrected chi connectivity index (χ2v) is 34.6. The van der Waals surface area contributed by atoms with Gasteiger partial charge in [-0.2, -0.15) is 15.8 Å². The van der Waals surface area contributed by atoms with E-state index < -0.39 is 0 Å². The van der Waals surface area contributed by atoms with Crippen LogP contribution in [0.15, 0.2) is 249 Å². The molecule has 0 saturated heterocycles. The van der Waals surface area contributed by atoms with Gasteiger partial charge in [0.25, 0.3) is 0 Å². The van der Waals surface area contributed by atoms with E-state index in [1.165, 1.54) is 0 Å². The molecule has 22 rings (SSSR count). The van der Waals surface area contributed by atoms with Crippen LogP contribution in [0.1, 0.15) is 86.6 Å². The minimum absolute atomic E-state index is 0.375. The Morgan fingerprint density at radius 2 is 0.421 bits per heavy atom. The van der Waals surface area contributed by atoms with Gasteiger partial charge in [0.2, 0.25) is 0 Å². The molecule has 9 heterocycles. The van der Waals surface area contributed by atoms with E-state index >= 15 is 0 Å². The van der Waals surface area contributed by atoms with E-state index in [2.05, 4.69) is 201 Å². The maximum absolute atomic E-state index is 9.77. The standard InChI is InChI=1S/C44H27N11.2C36H25N9/c1-24-49-25(2)52-43(51-24)32-9-12-40(39(19-32)44-53-26(3)50-27(4)54-44)55-41-20-30(33-13-28(22-45)15-35(17-33)47-5)7-10-37(41)38-11-8-31(21-42(38)55)34-14-29(23-46)16-36(18-34)48-6;1-20-39-21(2)42-35(41-20)25-12-14-33(31(17-25)36-43-22(3)40-23(4)44-36)45-32-10-8-7-9-29(32)30-13-11-24(18-34(30)45)26-15-27(37-5)19-28(16-26)38-6;1-20-39-21(2)42-35(41-20)26-11-13-34(31(18-26)36-43-22(3)40-23(4)44-36)45-32-9-7-6-8-29(32)30-17-25(10-12-33(30)45)27-14-24(19-37)15-28(16-27)38-5/h7-21H,1-4H3;7-19H,1-4H3;6-18H,1-4H3. The van der Waals surface area contributed by atoms with Gasteiger partial charge in [-0.15, -0.1) is 0 Å². The number of hydrogen-bond donors (Lipinski definition) is 0. The summed E-state index contributed by atoms with van der Waals surface area (Å²) >= 11 is 0. The molecule has 0 saturated carbocycles. The van der Waals surface area contributed by atoms with E-state index in [9.17, 15) is 15.8 Å². The molecule has 9 aromatic heterocycles. The zero-order valence-corrected chi connectivity index (χ0v) is 80.1. The maximum atomic E-state index is 9.77. The molecule has 0 unspecified atom stereocenters. The highest BCUT2D eigenvalue weighted by atomic mass is 15.1. The molecule has 29 heteroatoms. The molecule has 0 fully saturated rings. The molecular weight excluding hydrogens is 1800 g/mol. The van der Waals surface area contributed by atoms with E-state index in [0.717, 1.165) is 155 Å². The zero-order chi connectivity index (χ0) is 101. The smallest absolute Gasteiger partial charge is 0.189 e. The molecule has 0 aliphatic carbocycles. The molecule has 22 aromatic rings. The lowest BCUT2D eigenvalue weighted by molar-refractivity contribution is 0.923. The average Bonchev–Trinajstić information content (AvgIpc) is 1.58. The highest BCUT2D eigenvalue weighted by molar-refractivity contribution is 6.14. The van der Waals surface area contributed by atoms with Crippen molar-refractivity contribution >= 4 is 93.9 Å². The third-order valence-corrected chi connectivity index (χ3v) is 24.5. The van der Waals surface area contributed by atoms with E-state index in [1.807, 2.05) is 198 Å². The first-order chi connectivity index (χ1) is 70.2. The second kappa shape index (κ2) is 38.0. The molecule has 29 nitrogen and oxygen atoms in total. The van der Waals surface area contributed by atoms with Crippen molar-refractivity contribution < 1.29 is 0 Å². The molecule has 0 amide bonds. The highest BCUT2D eigenvalue weighted by Gasteiger charge is 2.27. The van der Waals surface area contributed by atoms with E-state index in [0.29, 0.717) is 156 Å². The number of rotatable bonds is 13. The van der Waals surface area contributed by atoms with Crippen LogP contribution in [0, 0.1) is 150 Å². The summed E-state index contributed by atoms with van der Waals surface area (Å²) in [7, 11) is 0. The fourth-order valence-electron chi connectivity index (χ4n) is 18.7. The van der Waals surface area contributed by atoms with Gasteiger partial charge in [-0.3, -0.25) is 0 Å². The van der Waals surface area contributed by atoms with Gasteiger partial charge in [0.1, 0.15) is 69.9 Å². The lowest BCUT2D eigenvalue weighted by Crippen LogP contribution is -2.05. The van der Waals surface area contributed by atoms with Crippen molar-refractivity contribution in [3.63, 3.8) is 0 Å². The Morgan fingerprint density at radius 3 is 0.717 bits per heavy atom. The van der Waals surface area contributed by atoms with Gasteiger partial charge in [-0.25, -0.2) is 114 Å². The molecule has 686 valence electrons. The predicted octanol–water partition coefficient (Wildman–Crippen LogP) is 26.2. The topological polar surface area (TPSA) is 340 Å². The quantitative estimate of drug-likeness (QED) is 0.0968. The van der Waals surface area contributed by atoms with Crippen molar-refractivity contribution in [1.82, 2.24) is 103 Å². The molecule has 0 aliphatic rings. The van der Waals surface area contributed by atoms with Gasteiger partial charge in [-0.1, -0.05) is 97.1 Å². The fourth-order valence-corrected chi connectivity index (χ4v) is 18.7. The van der Waals surface area contributed by atoms with Crippen molar-refractivity contribution in [3.05, 3.63) is 392 Å². The summed E-state index contributed by atoms with van der Waals surface area (Å²) in [5, 5.41) is 35.3. The van der Waals surface area contributed by atoms with Gasteiger partial charge in [0.05, 0.1) is 101 Å². The predicted molar refractivity (Wildman–Crippen MR) is 559 cm³/mol. The van der Waals surface area contributed by atoms with Gasteiger partial charge in [0.15, 0.2) is 63.4 Å². The first-order valence-electron chi connectivity index (χ1n) is 45.7. The van der Waals surface area contributed by atoms with Gasteiger partial charge < -0.3 is 13.7 Å². The van der Waals surface area contributed by atoms with E-state index in [-0.39, 0.29) is 0 Å². The number of nitriles is 3. The van der Waals surface area contributed by atoms with E-state index in [1.54, 1.807) is 48.5 Å². The molecule has 13 aromatic carbocycles. The first kappa shape index (κ1) is 92.0. The van der Waals surface area contributed by atoms with Crippen LogP contribution >= 0.6 is 0 Å². The maximum Gasteiger partial charge on any atom is 0.189 e. The largest absolute Gasteiger partial charge is 0.309 e. The van der Waals surface area contributed by atoms with Crippen molar-refractivity contribution in [2.75, 3.05) is 0 Å². The average molecular weight is 1880 g/mol. The van der Waals surface area contributed by atoms with Crippen molar-refractivity contribution in [2.24, 2.45) is 0 Å². The number of aromatic nitrogens is 21. The third-order valence-electron chi connectivity index (χ3n) is 24.5. The lowest BCUT2D eigenvalue weighted by atomic mass is 9.99. The molecule has 0 radical (unpaired) electrons. The summed E-state index contributed by atoms with van der Waals surface area (Å²) in [4.78, 5) is 101. The van der Waals surface area contributed by atoms with Crippen LogP contribution < -0.4 is 0 Å². The first-order valence-corrected chi connectivity index (χ1v) is 45.7. The van der Waals surface area contributed by atoms with Crippen molar-refractivity contribution in [1.29, 1.82) is 15.8 Å². The van der Waals surface area contributed by atoms with Crippen LogP contribution in [0.5, 0.6) is 0 Å². The van der Waals surface area contributed by atoms with Gasteiger partial charge in [0, 0.05) is 82.4 Å². The molecule has 0 atom stereocenters. The molecule has 0 bridgehead atoms. The summed E-state index contributed by atoms with van der Waals surface area (Å²) in [5.74, 6) is 10.7. The summed E-state index contributed by atoms with van der Waals surface area (Å²) in [6.07, 6.45) is 0. The van der Waals surface area contributed by atoms with Crippen molar-refractivity contribution in [2.45, 2.75) is 83.1 Å². The van der Waals surface area contributed by atoms with Crippen molar-refractivity contribution in [3.8, 4) is 148 Å². The Balaban J connectivity index is 0.000000133. The second-order valence-electron chi connectivity index (χ2n) is 34.6. The summed E-state index contributed by atoms with van der Waals surface area (Å²) in [6, 6.07) is 86.8. The number of fused-ring (bicyclic) bond motifs is 9. The van der Waals surface area contributed by atoms with Crippen LogP contribution in [0.4, 0.5) is 28.4 Å². The monoisotopic (exact) mass is 1880 g/mol. The Hall–Kier alpha value is -20.8. The number of aryl methyl sites for hydroxylation is 12. The van der Waals surface area contributed by atoms with Crippen LogP contribution in [-0.4, -0.2) is 103 Å². The highest BCUT2D eigenvalue weighted by Crippen LogP contribution is 2.46. The van der Waals surface area contributed by atoms with Gasteiger partial charge in [-0.05, 0) is 279 Å². The SMILES string of the molecule is [C-]#[N+]c1cc(C#N)cc(-c2ccc3c(c2)c2ccccc2n3-c2ccc(-c3nc(C)nc(C)n3)cc2-c2nc(C)nc(C)n2)c1.[C-]#[N+]c1cc(C#N)cc(-c2ccc3c4ccc(-c5cc(C#N)cc([N+]#[C-])c5)cc4n(-c4ccc(-c5nc(C)nc(C)n5)cc4-c4nc(C)nc(C)n4)c3c2)c1.[C-]#[N+]c1cc([N+]#[C-])cc(-c2ccc3c4ccccc4n(-c4ccc(-c5nc(C)nc(C)n5)cc4-c4nc(C)nc(C)n4)c3c2)c1. The number of nitrogens with zero attached hydrogens (tertiary/aromatic N) is 29. The normalized spacial score (nSPS) is 11.0. The van der Waals surface area contributed by atoms with Crippen LogP contribution in [0.3, 0.4) is 0 Å². The summed E-state index contributed by atoms with van der Waals surface area (Å²) in [6.45, 7) is 60.1. The Bertz CT molecular complexity index is 9250. The Labute approximate surface area is 831 Å². The fraction of sp³-hybridized carbons (Fsp3) is 0.103. The van der Waals surface area contributed by atoms with Gasteiger partial charge >= 0.3 is 0 Å². The number of para-hydroxylation sites is 2. The number of benzene rings is 13. The molecule has 145 heavy (non-hydrogen) atoms. The zero-order valence-electron chi connectivity index (χ0n) is 80.1. The van der Waals surface area contributed by atoms with Crippen LogP contribution in [0.2, 0.25) is 0 Å². The number of hydrogen-bond acceptors (Lipinski definition) is 21. The molecule has 0 spiro atoms. The summed E-state index contributed by atoms with van der Waals surface area (Å²) < 4.78 is 6.60.